The summed E-state index contributed by atoms with van der Waals surface area (Å²) in [4.78, 5) is 11.1. The Balaban J connectivity index is 2.28. The summed E-state index contributed by atoms with van der Waals surface area (Å²) in [5.41, 5.74) is 5.97. The minimum Gasteiger partial charge on any atom is -0.292 e. The van der Waals surface area contributed by atoms with Crippen LogP contribution in [-0.4, -0.2) is 13.0 Å². The van der Waals surface area contributed by atoms with Crippen LogP contribution in [0.2, 0.25) is 0 Å². The summed E-state index contributed by atoms with van der Waals surface area (Å²) in [5, 5.41) is 0. The van der Waals surface area contributed by atoms with Gasteiger partial charge in [0.1, 0.15) is 5.82 Å². The first-order valence-electron chi connectivity index (χ1n) is 4.92. The molecule has 1 rings (SSSR count). The van der Waals surface area contributed by atoms with Crippen molar-refractivity contribution in [2.45, 2.75) is 19.3 Å². The maximum absolute atomic E-state index is 12.8. The summed E-state index contributed by atoms with van der Waals surface area (Å²) >= 11 is 0. The number of benzene rings is 1. The van der Waals surface area contributed by atoms with Gasteiger partial charge in [0.25, 0.3) is 0 Å². The van der Waals surface area contributed by atoms with Crippen molar-refractivity contribution in [2.75, 3.05) is 7.05 Å². The maximum Gasteiger partial charge on any atom is 0.234 e. The van der Waals surface area contributed by atoms with Gasteiger partial charge < -0.3 is 0 Å². The van der Waals surface area contributed by atoms with Gasteiger partial charge in [-0.05, 0) is 30.5 Å². The van der Waals surface area contributed by atoms with Crippen molar-refractivity contribution in [3.63, 3.8) is 0 Å². The van der Waals surface area contributed by atoms with E-state index in [1.165, 1.54) is 12.1 Å². The van der Waals surface area contributed by atoms with Gasteiger partial charge in [0, 0.05) is 13.5 Å². The standard InChI is InChI=1S/C11H15FN2O/c1-13-14-11(15)7-3-5-9-4-2-6-10(12)8-9/h2,4,6,8,13H,3,5,7H2,1H3,(H,14,15). The van der Waals surface area contributed by atoms with Gasteiger partial charge in [0.05, 0.1) is 0 Å². The number of rotatable bonds is 5. The number of amides is 1. The number of nitrogens with one attached hydrogen (secondary N) is 2. The van der Waals surface area contributed by atoms with E-state index in [9.17, 15) is 9.18 Å². The van der Waals surface area contributed by atoms with Crippen molar-refractivity contribution >= 4 is 5.91 Å². The van der Waals surface area contributed by atoms with Gasteiger partial charge >= 0.3 is 0 Å². The molecule has 0 aliphatic rings. The van der Waals surface area contributed by atoms with Gasteiger partial charge in [-0.25, -0.2) is 9.82 Å². The molecule has 0 atom stereocenters. The molecule has 0 heterocycles. The van der Waals surface area contributed by atoms with E-state index in [2.05, 4.69) is 10.9 Å². The van der Waals surface area contributed by atoms with E-state index in [4.69, 9.17) is 0 Å². The van der Waals surface area contributed by atoms with Gasteiger partial charge in [-0.2, -0.15) is 0 Å². The average molecular weight is 210 g/mol. The van der Waals surface area contributed by atoms with E-state index in [-0.39, 0.29) is 11.7 Å². The number of hydrazine groups is 1. The first-order valence-corrected chi connectivity index (χ1v) is 4.92. The highest BCUT2D eigenvalue weighted by molar-refractivity contribution is 5.75. The molecule has 0 bridgehead atoms. The molecule has 1 aromatic carbocycles. The number of aryl methyl sites for hydroxylation is 1. The predicted molar refractivity (Wildman–Crippen MR) is 56.5 cm³/mol. The van der Waals surface area contributed by atoms with Crippen molar-refractivity contribution in [3.05, 3.63) is 35.6 Å². The van der Waals surface area contributed by atoms with Crippen molar-refractivity contribution in [2.24, 2.45) is 0 Å². The van der Waals surface area contributed by atoms with Crippen molar-refractivity contribution in [1.29, 1.82) is 0 Å². The van der Waals surface area contributed by atoms with Crippen molar-refractivity contribution < 1.29 is 9.18 Å². The molecule has 0 aliphatic carbocycles. The monoisotopic (exact) mass is 210 g/mol. The Kier molecular flexibility index (Phi) is 4.77. The van der Waals surface area contributed by atoms with Crippen LogP contribution in [0, 0.1) is 5.82 Å². The summed E-state index contributed by atoms with van der Waals surface area (Å²) in [7, 11) is 1.64. The lowest BCUT2D eigenvalue weighted by Crippen LogP contribution is -2.33. The Bertz CT molecular complexity index is 328. The molecule has 0 fully saturated rings. The highest BCUT2D eigenvalue weighted by atomic mass is 19.1. The number of carbonyl (C=O) groups is 1. The topological polar surface area (TPSA) is 41.1 Å². The van der Waals surface area contributed by atoms with E-state index >= 15 is 0 Å². The Morgan fingerprint density at radius 3 is 2.93 bits per heavy atom. The first-order chi connectivity index (χ1) is 7.22. The lowest BCUT2D eigenvalue weighted by Gasteiger charge is -2.03. The summed E-state index contributed by atoms with van der Waals surface area (Å²) in [6.07, 6.45) is 1.88. The third-order valence-corrected chi connectivity index (χ3v) is 2.02. The van der Waals surface area contributed by atoms with Crippen LogP contribution in [-0.2, 0) is 11.2 Å². The highest BCUT2D eigenvalue weighted by Gasteiger charge is 2.00. The van der Waals surface area contributed by atoms with Crippen LogP contribution in [0.25, 0.3) is 0 Å². The Morgan fingerprint density at radius 2 is 2.27 bits per heavy atom. The second kappa shape index (κ2) is 6.14. The predicted octanol–water partition coefficient (Wildman–Crippen LogP) is 1.40. The molecule has 2 N–H and O–H groups in total. The SMILES string of the molecule is CNNC(=O)CCCc1cccc(F)c1. The Labute approximate surface area is 88.7 Å². The van der Waals surface area contributed by atoms with Crippen LogP contribution < -0.4 is 10.9 Å². The largest absolute Gasteiger partial charge is 0.292 e. The quantitative estimate of drug-likeness (QED) is 0.721. The zero-order chi connectivity index (χ0) is 11.1. The summed E-state index contributed by atoms with van der Waals surface area (Å²) < 4.78 is 12.8. The number of carbonyl (C=O) groups excluding carboxylic acids is 1. The van der Waals surface area contributed by atoms with Crippen LogP contribution in [0.3, 0.4) is 0 Å². The summed E-state index contributed by atoms with van der Waals surface area (Å²) in [5.74, 6) is -0.277. The van der Waals surface area contributed by atoms with Crippen molar-refractivity contribution in [1.82, 2.24) is 10.9 Å². The molecule has 0 unspecified atom stereocenters. The van der Waals surface area contributed by atoms with Crippen LogP contribution >= 0.6 is 0 Å². The Morgan fingerprint density at radius 1 is 1.47 bits per heavy atom. The maximum atomic E-state index is 12.8. The van der Waals surface area contributed by atoms with E-state index < -0.39 is 0 Å². The van der Waals surface area contributed by atoms with Crippen molar-refractivity contribution in [3.8, 4) is 0 Å². The Hall–Kier alpha value is -1.42. The molecule has 1 amide bonds. The molecule has 0 aromatic heterocycles. The molecule has 0 saturated heterocycles. The fourth-order valence-electron chi connectivity index (χ4n) is 1.35. The summed E-state index contributed by atoms with van der Waals surface area (Å²) in [6.45, 7) is 0. The molecule has 0 spiro atoms. The van der Waals surface area contributed by atoms with E-state index in [0.717, 1.165) is 18.4 Å². The molecule has 0 aliphatic heterocycles. The first kappa shape index (κ1) is 11.7. The lowest BCUT2D eigenvalue weighted by atomic mass is 10.1. The molecule has 3 nitrogen and oxygen atoms in total. The second-order valence-corrected chi connectivity index (χ2v) is 3.28. The molecule has 15 heavy (non-hydrogen) atoms. The van der Waals surface area contributed by atoms with Crippen LogP contribution in [0.4, 0.5) is 4.39 Å². The molecule has 4 heteroatoms. The highest BCUT2D eigenvalue weighted by Crippen LogP contribution is 2.07. The van der Waals surface area contributed by atoms with Gasteiger partial charge in [-0.3, -0.25) is 10.2 Å². The second-order valence-electron chi connectivity index (χ2n) is 3.28. The van der Waals surface area contributed by atoms with Crippen LogP contribution in [0.15, 0.2) is 24.3 Å². The number of hydrogen-bond acceptors (Lipinski definition) is 2. The van der Waals surface area contributed by atoms with Gasteiger partial charge in [-0.1, -0.05) is 12.1 Å². The van der Waals surface area contributed by atoms with E-state index in [1.54, 1.807) is 13.1 Å². The number of hydrogen-bond donors (Lipinski definition) is 2. The van der Waals surface area contributed by atoms with Gasteiger partial charge in [0.15, 0.2) is 0 Å². The average Bonchev–Trinajstić information content (AvgIpc) is 2.18. The zero-order valence-corrected chi connectivity index (χ0v) is 8.72. The van der Waals surface area contributed by atoms with Gasteiger partial charge in [0.2, 0.25) is 5.91 Å². The molecule has 82 valence electrons. The number of halogens is 1. The fourth-order valence-corrected chi connectivity index (χ4v) is 1.35. The van der Waals surface area contributed by atoms with E-state index in [0.29, 0.717) is 6.42 Å². The van der Waals surface area contributed by atoms with Crippen LogP contribution in [0.1, 0.15) is 18.4 Å². The molecule has 0 saturated carbocycles. The van der Waals surface area contributed by atoms with E-state index in [1.807, 2.05) is 6.07 Å². The molecular weight excluding hydrogens is 195 g/mol. The molecule has 1 aromatic rings. The molecular formula is C11H15FN2O. The third kappa shape index (κ3) is 4.56. The minimum atomic E-state index is -0.229. The van der Waals surface area contributed by atoms with Gasteiger partial charge in [-0.15, -0.1) is 0 Å². The fraction of sp³-hybridized carbons (Fsp3) is 0.364. The third-order valence-electron chi connectivity index (χ3n) is 2.02. The van der Waals surface area contributed by atoms with Crippen LogP contribution in [0.5, 0.6) is 0 Å². The zero-order valence-electron chi connectivity index (χ0n) is 8.72. The molecule has 0 radical (unpaired) electrons. The normalized spacial score (nSPS) is 10.0. The smallest absolute Gasteiger partial charge is 0.234 e. The summed E-state index contributed by atoms with van der Waals surface area (Å²) in [6, 6.07) is 6.45. The minimum absolute atomic E-state index is 0.0473. The lowest BCUT2D eigenvalue weighted by molar-refractivity contribution is -0.122.